The topological polar surface area (TPSA) is 43.1 Å². The van der Waals surface area contributed by atoms with E-state index < -0.39 is 0 Å². The molecule has 0 aliphatic rings. The van der Waals surface area contributed by atoms with Gasteiger partial charge in [-0.1, -0.05) is 6.92 Å². The van der Waals surface area contributed by atoms with Crippen LogP contribution in [0.1, 0.15) is 20.3 Å². The van der Waals surface area contributed by atoms with Crippen molar-refractivity contribution in [3.63, 3.8) is 0 Å². The van der Waals surface area contributed by atoms with Crippen molar-refractivity contribution in [1.29, 1.82) is 0 Å². The van der Waals surface area contributed by atoms with Crippen molar-refractivity contribution in [3.05, 3.63) is 0 Å². The molecule has 0 spiro atoms. The lowest BCUT2D eigenvalue weighted by Crippen LogP contribution is -2.30. The Kier molecular flexibility index (Phi) is 5.73. The third-order valence-corrected chi connectivity index (χ3v) is 2.46. The Morgan fingerprint density at radius 1 is 1.70 bits per heavy atom. The van der Waals surface area contributed by atoms with Crippen LogP contribution in [-0.4, -0.2) is 23.3 Å². The summed E-state index contributed by atoms with van der Waals surface area (Å²) in [5.41, 5.74) is 5.49. The lowest BCUT2D eigenvalue weighted by atomic mass is 10.3. The number of hydrogen-bond acceptors (Lipinski definition) is 3. The van der Waals surface area contributed by atoms with Crippen LogP contribution in [0.25, 0.3) is 0 Å². The Balaban J connectivity index is 3.21. The highest BCUT2D eigenvalue weighted by molar-refractivity contribution is 7.99. The van der Waals surface area contributed by atoms with Gasteiger partial charge in [-0.15, -0.1) is 0 Å². The molecule has 0 fully saturated rings. The molecule has 0 aliphatic carbocycles. The molecule has 0 amide bonds. The lowest BCUT2D eigenvalue weighted by molar-refractivity contribution is -0.117. The normalized spacial score (nSPS) is 13.1. The molecule has 0 radical (unpaired) electrons. The second-order valence-electron chi connectivity index (χ2n) is 2.29. The minimum absolute atomic E-state index is 0.0867. The van der Waals surface area contributed by atoms with E-state index in [2.05, 4.69) is 6.92 Å². The van der Waals surface area contributed by atoms with Gasteiger partial charge in [-0.25, -0.2) is 0 Å². The van der Waals surface area contributed by atoms with E-state index in [1.807, 2.05) is 0 Å². The zero-order valence-corrected chi connectivity index (χ0v) is 7.41. The molecule has 0 rings (SSSR count). The quantitative estimate of drug-likeness (QED) is 0.613. The number of hydrogen-bond donors (Lipinski definition) is 1. The van der Waals surface area contributed by atoms with E-state index in [1.165, 1.54) is 6.92 Å². The highest BCUT2D eigenvalue weighted by Gasteiger charge is 2.06. The maximum Gasteiger partial charge on any atom is 0.147 e. The van der Waals surface area contributed by atoms with Crippen molar-refractivity contribution in [2.45, 2.75) is 26.3 Å². The van der Waals surface area contributed by atoms with Crippen molar-refractivity contribution >= 4 is 17.5 Å². The van der Waals surface area contributed by atoms with Crippen LogP contribution < -0.4 is 5.73 Å². The summed E-state index contributed by atoms with van der Waals surface area (Å²) in [5, 5.41) is 0. The fourth-order valence-corrected chi connectivity index (χ4v) is 1.42. The van der Waals surface area contributed by atoms with Gasteiger partial charge in [0.05, 0.1) is 6.04 Å². The first-order valence-corrected chi connectivity index (χ1v) is 4.67. The zero-order valence-electron chi connectivity index (χ0n) is 6.59. The molecule has 2 nitrogen and oxygen atoms in total. The summed E-state index contributed by atoms with van der Waals surface area (Å²) in [6.07, 6.45) is 1.15. The van der Waals surface area contributed by atoms with E-state index in [0.717, 1.165) is 17.9 Å². The van der Waals surface area contributed by atoms with Crippen molar-refractivity contribution in [1.82, 2.24) is 0 Å². The minimum atomic E-state index is -0.253. The molecule has 0 saturated heterocycles. The SMILES string of the molecule is CCCSCC(N)C(C)=O. The van der Waals surface area contributed by atoms with Gasteiger partial charge in [-0.05, 0) is 19.1 Å². The number of rotatable bonds is 5. The number of Topliss-reactive ketones (excluding diaryl/α,β-unsaturated/α-hetero) is 1. The average molecular weight is 161 g/mol. The van der Waals surface area contributed by atoms with Gasteiger partial charge in [0.15, 0.2) is 0 Å². The van der Waals surface area contributed by atoms with Gasteiger partial charge < -0.3 is 5.73 Å². The third kappa shape index (κ3) is 4.82. The van der Waals surface area contributed by atoms with Crippen LogP contribution >= 0.6 is 11.8 Å². The van der Waals surface area contributed by atoms with E-state index in [-0.39, 0.29) is 11.8 Å². The standard InChI is InChI=1S/C7H15NOS/c1-3-4-10-5-7(8)6(2)9/h7H,3-5,8H2,1-2H3. The van der Waals surface area contributed by atoms with Crippen molar-refractivity contribution in [2.24, 2.45) is 5.73 Å². The number of ketones is 1. The molecule has 2 N–H and O–H groups in total. The van der Waals surface area contributed by atoms with Crippen LogP contribution in [-0.2, 0) is 4.79 Å². The zero-order chi connectivity index (χ0) is 7.98. The van der Waals surface area contributed by atoms with E-state index in [0.29, 0.717) is 0 Å². The van der Waals surface area contributed by atoms with Crippen LogP contribution in [0.4, 0.5) is 0 Å². The first-order chi connectivity index (χ1) is 4.68. The molecule has 10 heavy (non-hydrogen) atoms. The molecule has 60 valence electrons. The average Bonchev–Trinajstić information content (AvgIpc) is 1.88. The number of thioether (sulfide) groups is 1. The molecule has 1 atom stereocenters. The molecule has 0 aromatic heterocycles. The number of nitrogens with two attached hydrogens (primary N) is 1. The van der Waals surface area contributed by atoms with Crippen LogP contribution in [0.15, 0.2) is 0 Å². The maximum absolute atomic E-state index is 10.6. The summed E-state index contributed by atoms with van der Waals surface area (Å²) < 4.78 is 0. The first kappa shape index (κ1) is 9.98. The largest absolute Gasteiger partial charge is 0.321 e. The monoisotopic (exact) mass is 161 g/mol. The fraction of sp³-hybridized carbons (Fsp3) is 0.857. The van der Waals surface area contributed by atoms with Crippen LogP contribution in [0.3, 0.4) is 0 Å². The smallest absolute Gasteiger partial charge is 0.147 e. The number of carbonyl (C=O) groups excluding carboxylic acids is 1. The lowest BCUT2D eigenvalue weighted by Gasteiger charge is -2.05. The summed E-state index contributed by atoms with van der Waals surface area (Å²) in [4.78, 5) is 10.6. The Labute approximate surface area is 66.6 Å². The van der Waals surface area contributed by atoms with Gasteiger partial charge in [-0.2, -0.15) is 11.8 Å². The highest BCUT2D eigenvalue weighted by atomic mass is 32.2. The van der Waals surface area contributed by atoms with Gasteiger partial charge in [0.2, 0.25) is 0 Å². The van der Waals surface area contributed by atoms with Crippen molar-refractivity contribution in [3.8, 4) is 0 Å². The van der Waals surface area contributed by atoms with Crippen LogP contribution in [0.2, 0.25) is 0 Å². The molecule has 3 heteroatoms. The molecule has 0 saturated carbocycles. The Morgan fingerprint density at radius 2 is 2.30 bits per heavy atom. The van der Waals surface area contributed by atoms with Gasteiger partial charge >= 0.3 is 0 Å². The molecule has 0 heterocycles. The fourth-order valence-electron chi connectivity index (χ4n) is 0.472. The molecule has 0 bridgehead atoms. The molecular weight excluding hydrogens is 146 g/mol. The van der Waals surface area contributed by atoms with E-state index in [9.17, 15) is 4.79 Å². The molecule has 0 aromatic carbocycles. The van der Waals surface area contributed by atoms with Gasteiger partial charge in [0.1, 0.15) is 5.78 Å². The highest BCUT2D eigenvalue weighted by Crippen LogP contribution is 2.03. The first-order valence-electron chi connectivity index (χ1n) is 3.52. The van der Waals surface area contributed by atoms with Crippen molar-refractivity contribution < 1.29 is 4.79 Å². The Hall–Kier alpha value is -0.0200. The second-order valence-corrected chi connectivity index (χ2v) is 3.44. The Bertz CT molecular complexity index is 106. The third-order valence-electron chi connectivity index (χ3n) is 1.17. The van der Waals surface area contributed by atoms with E-state index >= 15 is 0 Å². The van der Waals surface area contributed by atoms with Gasteiger partial charge in [-0.3, -0.25) is 4.79 Å². The van der Waals surface area contributed by atoms with Crippen molar-refractivity contribution in [2.75, 3.05) is 11.5 Å². The predicted octanol–water partition coefficient (Wildman–Crippen LogP) is 1.05. The van der Waals surface area contributed by atoms with Crippen LogP contribution in [0.5, 0.6) is 0 Å². The predicted molar refractivity (Wildman–Crippen MR) is 46.3 cm³/mol. The summed E-state index contributed by atoms with van der Waals surface area (Å²) in [6.45, 7) is 3.66. The van der Waals surface area contributed by atoms with E-state index in [4.69, 9.17) is 5.73 Å². The molecule has 0 aliphatic heterocycles. The van der Waals surface area contributed by atoms with Gasteiger partial charge in [0, 0.05) is 5.75 Å². The maximum atomic E-state index is 10.6. The number of carbonyl (C=O) groups is 1. The van der Waals surface area contributed by atoms with E-state index in [1.54, 1.807) is 11.8 Å². The Morgan fingerprint density at radius 3 is 2.70 bits per heavy atom. The minimum Gasteiger partial charge on any atom is -0.321 e. The summed E-state index contributed by atoms with van der Waals surface area (Å²) in [7, 11) is 0. The molecule has 1 unspecified atom stereocenters. The van der Waals surface area contributed by atoms with Gasteiger partial charge in [0.25, 0.3) is 0 Å². The summed E-state index contributed by atoms with van der Waals surface area (Å²) >= 11 is 1.74. The summed E-state index contributed by atoms with van der Waals surface area (Å²) in [6, 6.07) is -0.253. The molecule has 0 aromatic rings. The van der Waals surface area contributed by atoms with Crippen LogP contribution in [0, 0.1) is 0 Å². The second kappa shape index (κ2) is 5.74. The summed E-state index contributed by atoms with van der Waals surface area (Å²) in [5.74, 6) is 1.95. The molecular formula is C7H15NOS.